The lowest BCUT2D eigenvalue weighted by Gasteiger charge is -2.09. The lowest BCUT2D eigenvalue weighted by atomic mass is 10.2. The number of primary amides is 1. The summed E-state index contributed by atoms with van der Waals surface area (Å²) in [5, 5.41) is 10.8. The molecule has 0 bridgehead atoms. The quantitative estimate of drug-likeness (QED) is 0.564. The number of benzene rings is 1. The first-order valence-electron chi connectivity index (χ1n) is 5.34. The van der Waals surface area contributed by atoms with Crippen molar-refractivity contribution in [1.82, 2.24) is 0 Å². The van der Waals surface area contributed by atoms with Crippen molar-refractivity contribution in [2.45, 2.75) is 19.4 Å². The van der Waals surface area contributed by atoms with E-state index in [0.29, 0.717) is 0 Å². The molecule has 1 aromatic rings. The fourth-order valence-corrected chi connectivity index (χ4v) is 1.33. The summed E-state index contributed by atoms with van der Waals surface area (Å²) in [4.78, 5) is 21.0. The van der Waals surface area contributed by atoms with Crippen LogP contribution in [0.3, 0.4) is 0 Å². The maximum atomic E-state index is 10.8. The van der Waals surface area contributed by atoms with Crippen molar-refractivity contribution in [3.05, 3.63) is 33.9 Å². The third-order valence-corrected chi connectivity index (χ3v) is 2.36. The number of nitrogens with two attached hydrogens (primary N) is 2. The Labute approximate surface area is 104 Å². The lowest BCUT2D eigenvalue weighted by molar-refractivity contribution is -0.385. The number of hydrogen-bond acceptors (Lipinski definition) is 5. The largest absolute Gasteiger partial charge is 0.487 e. The molecule has 0 aliphatic heterocycles. The number of carbonyl (C=O) groups excluding carboxylic acids is 1. The van der Waals surface area contributed by atoms with Gasteiger partial charge in [-0.25, -0.2) is 0 Å². The lowest BCUT2D eigenvalue weighted by Crippen LogP contribution is -2.37. The number of hydrogen-bond donors (Lipinski definition) is 2. The maximum Gasteiger partial charge on any atom is 0.311 e. The maximum absolute atomic E-state index is 10.8. The first kappa shape index (κ1) is 13.9. The minimum atomic E-state index is -0.811. The van der Waals surface area contributed by atoms with Crippen LogP contribution in [0.25, 0.3) is 0 Å². The number of nitro groups is 1. The molecule has 7 nitrogen and oxygen atoms in total. The van der Waals surface area contributed by atoms with Crippen LogP contribution in [0.1, 0.15) is 12.0 Å². The fourth-order valence-electron chi connectivity index (χ4n) is 1.33. The molecule has 0 saturated heterocycles. The molecule has 1 rings (SSSR count). The molecule has 0 spiro atoms. The Bertz CT molecular complexity index is 462. The molecule has 1 amide bonds. The van der Waals surface area contributed by atoms with Crippen molar-refractivity contribution in [2.75, 3.05) is 6.61 Å². The van der Waals surface area contributed by atoms with Gasteiger partial charge in [0.25, 0.3) is 0 Å². The molecule has 0 aliphatic carbocycles. The zero-order valence-electron chi connectivity index (χ0n) is 9.96. The normalized spacial score (nSPS) is 11.9. The second-order valence-corrected chi connectivity index (χ2v) is 3.87. The average molecular weight is 253 g/mol. The second-order valence-electron chi connectivity index (χ2n) is 3.87. The van der Waals surface area contributed by atoms with E-state index in [1.807, 2.05) is 0 Å². The van der Waals surface area contributed by atoms with Gasteiger partial charge in [-0.05, 0) is 18.6 Å². The van der Waals surface area contributed by atoms with Gasteiger partial charge in [0.05, 0.1) is 17.6 Å². The summed E-state index contributed by atoms with van der Waals surface area (Å²) >= 11 is 0. The first-order valence-corrected chi connectivity index (χ1v) is 5.34. The van der Waals surface area contributed by atoms with Gasteiger partial charge in [-0.2, -0.15) is 0 Å². The average Bonchev–Trinajstić information content (AvgIpc) is 2.30. The summed E-state index contributed by atoms with van der Waals surface area (Å²) in [7, 11) is 0. The molecule has 98 valence electrons. The monoisotopic (exact) mass is 253 g/mol. The third kappa shape index (κ3) is 3.70. The molecule has 0 heterocycles. The first-order chi connectivity index (χ1) is 8.41. The summed E-state index contributed by atoms with van der Waals surface area (Å²) in [5.74, 6) is -0.473. The van der Waals surface area contributed by atoms with Gasteiger partial charge in [0, 0.05) is 12.5 Å². The number of nitrogens with zero attached hydrogens (tertiary/aromatic N) is 1. The van der Waals surface area contributed by atoms with Crippen LogP contribution in [-0.2, 0) is 4.79 Å². The van der Waals surface area contributed by atoms with Gasteiger partial charge in [-0.3, -0.25) is 14.9 Å². The topological polar surface area (TPSA) is 121 Å². The zero-order valence-corrected chi connectivity index (χ0v) is 9.96. The number of amides is 1. The Kier molecular flexibility index (Phi) is 4.61. The Morgan fingerprint density at radius 1 is 1.56 bits per heavy atom. The zero-order chi connectivity index (χ0) is 13.7. The minimum Gasteiger partial charge on any atom is -0.487 e. The number of nitro benzene ring substituents is 1. The number of rotatable bonds is 6. The van der Waals surface area contributed by atoms with Crippen LogP contribution in [-0.4, -0.2) is 23.5 Å². The molecule has 4 N–H and O–H groups in total. The highest BCUT2D eigenvalue weighted by molar-refractivity contribution is 5.79. The van der Waals surface area contributed by atoms with E-state index in [1.165, 1.54) is 12.1 Å². The van der Waals surface area contributed by atoms with Gasteiger partial charge >= 0.3 is 5.69 Å². The number of ether oxygens (including phenoxy) is 1. The van der Waals surface area contributed by atoms with Gasteiger partial charge in [-0.15, -0.1) is 0 Å². The van der Waals surface area contributed by atoms with Crippen molar-refractivity contribution >= 4 is 11.6 Å². The molecule has 0 aromatic heterocycles. The van der Waals surface area contributed by atoms with E-state index < -0.39 is 16.9 Å². The van der Waals surface area contributed by atoms with Crippen LogP contribution < -0.4 is 16.2 Å². The predicted molar refractivity (Wildman–Crippen MR) is 65.1 cm³/mol. The Morgan fingerprint density at radius 2 is 2.22 bits per heavy atom. The van der Waals surface area contributed by atoms with E-state index in [1.54, 1.807) is 13.0 Å². The third-order valence-electron chi connectivity index (χ3n) is 2.36. The fraction of sp³-hybridized carbons (Fsp3) is 0.364. The van der Waals surface area contributed by atoms with Crippen molar-refractivity contribution in [3.8, 4) is 5.75 Å². The van der Waals surface area contributed by atoms with Crippen molar-refractivity contribution in [3.63, 3.8) is 0 Å². The van der Waals surface area contributed by atoms with Crippen LogP contribution in [0, 0.1) is 17.0 Å². The molecule has 0 fully saturated rings. The molecular formula is C11H15N3O4. The van der Waals surface area contributed by atoms with E-state index in [-0.39, 0.29) is 24.5 Å². The molecule has 7 heteroatoms. The highest BCUT2D eigenvalue weighted by Gasteiger charge is 2.16. The van der Waals surface area contributed by atoms with E-state index in [9.17, 15) is 14.9 Å². The smallest absolute Gasteiger partial charge is 0.311 e. The summed E-state index contributed by atoms with van der Waals surface area (Å²) in [6, 6.07) is 3.83. The summed E-state index contributed by atoms with van der Waals surface area (Å²) in [6.45, 7) is 1.84. The van der Waals surface area contributed by atoms with E-state index in [4.69, 9.17) is 16.2 Å². The van der Waals surface area contributed by atoms with Crippen LogP contribution in [0.5, 0.6) is 5.75 Å². The van der Waals surface area contributed by atoms with Crippen molar-refractivity contribution in [2.24, 2.45) is 11.5 Å². The van der Waals surface area contributed by atoms with E-state index >= 15 is 0 Å². The standard InChI is InChI=1S/C11H15N3O4/c1-7-2-3-10(9(6-7)14(16)17)18-5-4-8(12)11(13)15/h2-3,6,8H,4-5,12H2,1H3,(H2,13,15). The number of aryl methyl sites for hydroxylation is 1. The predicted octanol–water partition coefficient (Wildman–Crippen LogP) is 0.485. The SMILES string of the molecule is Cc1ccc(OCCC(N)C(N)=O)c([N+](=O)[O-])c1. The number of carbonyl (C=O) groups is 1. The Morgan fingerprint density at radius 3 is 2.78 bits per heavy atom. The van der Waals surface area contributed by atoms with Crippen LogP contribution in [0.15, 0.2) is 18.2 Å². The van der Waals surface area contributed by atoms with Crippen molar-refractivity contribution < 1.29 is 14.5 Å². The Balaban J connectivity index is 2.67. The second kappa shape index (κ2) is 5.97. The van der Waals surface area contributed by atoms with Crippen LogP contribution in [0.4, 0.5) is 5.69 Å². The van der Waals surface area contributed by atoms with Gasteiger partial charge in [-0.1, -0.05) is 6.07 Å². The van der Waals surface area contributed by atoms with Gasteiger partial charge in [0.2, 0.25) is 5.91 Å². The molecule has 18 heavy (non-hydrogen) atoms. The van der Waals surface area contributed by atoms with Gasteiger partial charge < -0.3 is 16.2 Å². The van der Waals surface area contributed by atoms with Crippen molar-refractivity contribution in [1.29, 1.82) is 0 Å². The van der Waals surface area contributed by atoms with Crippen LogP contribution >= 0.6 is 0 Å². The minimum absolute atomic E-state index is 0.0913. The highest BCUT2D eigenvalue weighted by Crippen LogP contribution is 2.27. The summed E-state index contributed by atoms with van der Waals surface area (Å²) in [6.07, 6.45) is 0.209. The highest BCUT2D eigenvalue weighted by atomic mass is 16.6. The molecule has 0 saturated carbocycles. The molecular weight excluding hydrogens is 238 g/mol. The summed E-state index contributed by atoms with van der Waals surface area (Å²) < 4.78 is 5.24. The van der Waals surface area contributed by atoms with E-state index in [2.05, 4.69) is 0 Å². The van der Waals surface area contributed by atoms with Gasteiger partial charge in [0.15, 0.2) is 5.75 Å². The van der Waals surface area contributed by atoms with Gasteiger partial charge in [0.1, 0.15) is 0 Å². The van der Waals surface area contributed by atoms with E-state index in [0.717, 1.165) is 5.56 Å². The molecule has 1 unspecified atom stereocenters. The molecule has 1 atom stereocenters. The molecule has 0 radical (unpaired) electrons. The Hall–Kier alpha value is -2.15. The molecule has 0 aliphatic rings. The summed E-state index contributed by atoms with van der Waals surface area (Å²) in [5.41, 5.74) is 11.1. The van der Waals surface area contributed by atoms with Crippen LogP contribution in [0.2, 0.25) is 0 Å². The molecule has 1 aromatic carbocycles.